The molecule has 2 N–H and O–H groups in total. The van der Waals surface area contributed by atoms with Gasteiger partial charge in [-0.2, -0.15) is 0 Å². The van der Waals surface area contributed by atoms with Crippen LogP contribution in [0.2, 0.25) is 0 Å². The predicted octanol–water partition coefficient (Wildman–Crippen LogP) is 2.72. The monoisotopic (exact) mass is 367 g/mol. The van der Waals surface area contributed by atoms with Crippen LogP contribution in [0.1, 0.15) is 58.9 Å². The smallest absolute Gasteiger partial charge is 0.410 e. The Morgan fingerprint density at radius 3 is 2.58 bits per heavy atom. The van der Waals surface area contributed by atoms with Crippen molar-refractivity contribution in [2.75, 3.05) is 26.7 Å². The summed E-state index contributed by atoms with van der Waals surface area (Å²) in [5, 5.41) is 10.4. The fourth-order valence-corrected chi connectivity index (χ4v) is 2.09. The molecule has 0 radical (unpaired) electrons. The van der Waals surface area contributed by atoms with Gasteiger partial charge < -0.3 is 24.8 Å². The van der Waals surface area contributed by atoms with Crippen LogP contribution in [0.15, 0.2) is 15.6 Å². The van der Waals surface area contributed by atoms with Crippen molar-refractivity contribution in [3.8, 4) is 0 Å². The molecular formula is C18H33N5O3. The Kier molecular flexibility index (Phi) is 8.41. The lowest BCUT2D eigenvalue weighted by molar-refractivity contribution is 0.0264. The Balaban J connectivity index is 2.42. The second-order valence-corrected chi connectivity index (χ2v) is 7.29. The van der Waals surface area contributed by atoms with E-state index in [9.17, 15) is 4.79 Å². The van der Waals surface area contributed by atoms with Crippen molar-refractivity contribution in [2.24, 2.45) is 4.99 Å². The van der Waals surface area contributed by atoms with Crippen LogP contribution in [0.25, 0.3) is 0 Å². The molecule has 0 saturated heterocycles. The van der Waals surface area contributed by atoms with E-state index >= 15 is 0 Å². The molecule has 0 fully saturated rings. The summed E-state index contributed by atoms with van der Waals surface area (Å²) in [6.07, 6.45) is -0.312. The van der Waals surface area contributed by atoms with Gasteiger partial charge in [-0.3, -0.25) is 4.99 Å². The third-order valence-corrected chi connectivity index (χ3v) is 3.53. The maximum absolute atomic E-state index is 12.1. The maximum Gasteiger partial charge on any atom is 0.410 e. The summed E-state index contributed by atoms with van der Waals surface area (Å²) in [6, 6.07) is 1.94. The van der Waals surface area contributed by atoms with Gasteiger partial charge in [-0.05, 0) is 33.6 Å². The lowest BCUT2D eigenvalue weighted by atomic mass is 10.1. The van der Waals surface area contributed by atoms with Crippen LogP contribution in [-0.2, 0) is 11.3 Å². The summed E-state index contributed by atoms with van der Waals surface area (Å²) in [5.74, 6) is 1.71. The molecule has 0 aromatic carbocycles. The van der Waals surface area contributed by atoms with Crippen LogP contribution in [-0.4, -0.2) is 54.4 Å². The number of guanidine groups is 1. The van der Waals surface area contributed by atoms with Gasteiger partial charge >= 0.3 is 6.09 Å². The zero-order valence-electron chi connectivity index (χ0n) is 17.0. The minimum atomic E-state index is -0.499. The molecule has 1 aromatic rings. The number of carbonyl (C=O) groups is 1. The average molecular weight is 367 g/mol. The van der Waals surface area contributed by atoms with Crippen molar-refractivity contribution in [3.63, 3.8) is 0 Å². The maximum atomic E-state index is 12.1. The van der Waals surface area contributed by atoms with E-state index in [4.69, 9.17) is 9.26 Å². The number of amides is 1. The third kappa shape index (κ3) is 7.76. The Hall–Kier alpha value is -2.25. The molecule has 0 atom stereocenters. The number of hydrogen-bond donors (Lipinski definition) is 2. The van der Waals surface area contributed by atoms with E-state index in [1.807, 2.05) is 33.8 Å². The Labute approximate surface area is 156 Å². The van der Waals surface area contributed by atoms with E-state index in [-0.39, 0.29) is 6.09 Å². The second-order valence-electron chi connectivity index (χ2n) is 7.29. The normalized spacial score (nSPS) is 12.2. The van der Waals surface area contributed by atoms with Gasteiger partial charge in [0.15, 0.2) is 11.7 Å². The van der Waals surface area contributed by atoms with Crippen molar-refractivity contribution in [1.82, 2.24) is 20.7 Å². The number of nitrogens with one attached hydrogen (secondary N) is 2. The number of carbonyl (C=O) groups excluding carboxylic acids is 1. The topological polar surface area (TPSA) is 92.0 Å². The fraction of sp³-hybridized carbons (Fsp3) is 0.722. The van der Waals surface area contributed by atoms with E-state index in [2.05, 4.69) is 34.6 Å². The highest BCUT2D eigenvalue weighted by Crippen LogP contribution is 2.13. The summed E-state index contributed by atoms with van der Waals surface area (Å²) >= 11 is 0. The van der Waals surface area contributed by atoms with E-state index in [0.29, 0.717) is 38.1 Å². The Morgan fingerprint density at radius 1 is 1.38 bits per heavy atom. The highest BCUT2D eigenvalue weighted by atomic mass is 16.6. The zero-order valence-corrected chi connectivity index (χ0v) is 17.0. The third-order valence-electron chi connectivity index (χ3n) is 3.53. The molecule has 1 amide bonds. The molecule has 0 aliphatic heterocycles. The number of rotatable bonds is 7. The second kappa shape index (κ2) is 10.0. The largest absolute Gasteiger partial charge is 0.444 e. The molecule has 0 bridgehead atoms. The summed E-state index contributed by atoms with van der Waals surface area (Å²) < 4.78 is 10.7. The van der Waals surface area contributed by atoms with Crippen molar-refractivity contribution >= 4 is 12.1 Å². The molecule has 0 saturated carbocycles. The lowest BCUT2D eigenvalue weighted by Crippen LogP contribution is -2.44. The molecule has 1 heterocycles. The summed E-state index contributed by atoms with van der Waals surface area (Å²) in [7, 11) is 1.70. The average Bonchev–Trinajstić information content (AvgIpc) is 3.01. The van der Waals surface area contributed by atoms with E-state index < -0.39 is 5.60 Å². The van der Waals surface area contributed by atoms with Crippen molar-refractivity contribution in [3.05, 3.63) is 17.5 Å². The van der Waals surface area contributed by atoms with Gasteiger partial charge in [0.25, 0.3) is 0 Å². The number of nitrogens with zero attached hydrogens (tertiary/aromatic N) is 3. The Bertz CT molecular complexity index is 590. The van der Waals surface area contributed by atoms with Crippen LogP contribution in [0, 0.1) is 0 Å². The molecule has 0 aliphatic carbocycles. The summed E-state index contributed by atoms with van der Waals surface area (Å²) in [5.41, 5.74) is 0.433. The van der Waals surface area contributed by atoms with Gasteiger partial charge in [-0.1, -0.05) is 19.0 Å². The zero-order chi connectivity index (χ0) is 19.7. The van der Waals surface area contributed by atoms with E-state index in [0.717, 1.165) is 11.5 Å². The Morgan fingerprint density at radius 2 is 2.08 bits per heavy atom. The number of aliphatic imine (C=N–C) groups is 1. The van der Waals surface area contributed by atoms with Gasteiger partial charge in [-0.25, -0.2) is 4.79 Å². The minimum Gasteiger partial charge on any atom is -0.444 e. The van der Waals surface area contributed by atoms with Crippen LogP contribution in [0.3, 0.4) is 0 Å². The van der Waals surface area contributed by atoms with Gasteiger partial charge in [0, 0.05) is 32.7 Å². The van der Waals surface area contributed by atoms with Crippen molar-refractivity contribution < 1.29 is 14.1 Å². The SMILES string of the molecule is CCN(CCNC(=NC)NCc1cc(C(C)C)no1)C(=O)OC(C)(C)C. The molecular weight excluding hydrogens is 334 g/mol. The standard InChI is InChI=1S/C18H33N5O3/c1-8-23(17(24)25-18(4,5)6)10-9-20-16(19-7)21-12-14-11-15(13(2)3)22-26-14/h11,13H,8-10,12H2,1-7H3,(H2,19,20,21). The number of likely N-dealkylation sites (N-methyl/N-ethyl adjacent to an activating group) is 1. The highest BCUT2D eigenvalue weighted by Gasteiger charge is 2.20. The molecule has 0 aliphatic rings. The molecule has 0 unspecified atom stereocenters. The quantitative estimate of drug-likeness (QED) is 0.569. The molecule has 1 rings (SSSR count). The highest BCUT2D eigenvalue weighted by molar-refractivity contribution is 5.79. The first-order chi connectivity index (χ1) is 12.2. The number of ether oxygens (including phenoxy) is 1. The number of hydrogen-bond acceptors (Lipinski definition) is 5. The molecule has 26 heavy (non-hydrogen) atoms. The molecule has 148 valence electrons. The molecule has 1 aromatic heterocycles. The van der Waals surface area contributed by atoms with Gasteiger partial charge in [-0.15, -0.1) is 0 Å². The van der Waals surface area contributed by atoms with Gasteiger partial charge in [0.1, 0.15) is 5.60 Å². The van der Waals surface area contributed by atoms with Crippen molar-refractivity contribution in [1.29, 1.82) is 0 Å². The first-order valence-electron chi connectivity index (χ1n) is 9.04. The van der Waals surface area contributed by atoms with Gasteiger partial charge in [0.2, 0.25) is 0 Å². The van der Waals surface area contributed by atoms with Crippen molar-refractivity contribution in [2.45, 2.75) is 59.6 Å². The first kappa shape index (κ1) is 21.8. The van der Waals surface area contributed by atoms with Crippen LogP contribution in [0.5, 0.6) is 0 Å². The summed E-state index contributed by atoms with van der Waals surface area (Å²) in [6.45, 7) is 13.8. The first-order valence-corrected chi connectivity index (χ1v) is 9.04. The molecule has 0 spiro atoms. The van der Waals surface area contributed by atoms with Crippen LogP contribution < -0.4 is 10.6 Å². The van der Waals surface area contributed by atoms with E-state index in [1.165, 1.54) is 0 Å². The fourth-order valence-electron chi connectivity index (χ4n) is 2.09. The summed E-state index contributed by atoms with van der Waals surface area (Å²) in [4.78, 5) is 17.9. The van der Waals surface area contributed by atoms with E-state index in [1.54, 1.807) is 11.9 Å². The number of aromatic nitrogens is 1. The minimum absolute atomic E-state index is 0.312. The lowest BCUT2D eigenvalue weighted by Gasteiger charge is -2.26. The predicted molar refractivity (Wildman–Crippen MR) is 102 cm³/mol. The molecule has 8 heteroatoms. The molecule has 8 nitrogen and oxygen atoms in total. The van der Waals surface area contributed by atoms with Crippen LogP contribution in [0.4, 0.5) is 4.79 Å². The van der Waals surface area contributed by atoms with Gasteiger partial charge in [0.05, 0.1) is 12.2 Å². The van der Waals surface area contributed by atoms with Crippen LogP contribution >= 0.6 is 0 Å².